The van der Waals surface area contributed by atoms with Crippen LogP contribution in [0, 0.1) is 0 Å². The van der Waals surface area contributed by atoms with Crippen LogP contribution in [0.15, 0.2) is 201 Å². The molecule has 0 fully saturated rings. The molecule has 0 bridgehead atoms. The van der Waals surface area contributed by atoms with Crippen LogP contribution in [0.25, 0.3) is 66.2 Å². The lowest BCUT2D eigenvalue weighted by molar-refractivity contribution is 0.349. The van der Waals surface area contributed by atoms with E-state index in [9.17, 15) is 30.6 Å². The maximum atomic E-state index is 12.0. The van der Waals surface area contributed by atoms with Crippen LogP contribution in [0.2, 0.25) is 0 Å². The summed E-state index contributed by atoms with van der Waals surface area (Å²) < 4.78 is 0. The zero-order valence-electron chi connectivity index (χ0n) is 43.4. The molecule has 0 aliphatic heterocycles. The van der Waals surface area contributed by atoms with Gasteiger partial charge in [0, 0.05) is 49.6 Å². The number of fused-ring (bicyclic) bond motifs is 8. The number of rotatable bonds is 10. The van der Waals surface area contributed by atoms with E-state index in [0.29, 0.717) is 11.4 Å². The molecule has 0 atom stereocenters. The normalized spacial score (nSPS) is 14.0. The van der Waals surface area contributed by atoms with Gasteiger partial charge in [0.2, 0.25) is 11.5 Å². The summed E-state index contributed by atoms with van der Waals surface area (Å²) in [6.45, 7) is 19.6. The Morgan fingerprint density at radius 2 is 1.00 bits per heavy atom. The van der Waals surface area contributed by atoms with Crippen LogP contribution < -0.4 is 9.80 Å². The molecule has 2 aliphatic rings. The van der Waals surface area contributed by atoms with E-state index >= 15 is 0 Å². The van der Waals surface area contributed by atoms with Gasteiger partial charge in [-0.1, -0.05) is 180 Å². The number of hydrogen-bond donors (Lipinski definition) is 6. The maximum absolute atomic E-state index is 12.0. The number of anilines is 6. The van der Waals surface area contributed by atoms with Gasteiger partial charge in [0.05, 0.1) is 16.8 Å². The topological polar surface area (TPSA) is 128 Å². The van der Waals surface area contributed by atoms with Crippen molar-refractivity contribution < 1.29 is 30.6 Å². The summed E-state index contributed by atoms with van der Waals surface area (Å²) in [5, 5.41) is 70.4. The van der Waals surface area contributed by atoms with Crippen molar-refractivity contribution in [1.82, 2.24) is 0 Å². The smallest absolute Gasteiger partial charge is 0.205 e. The standard InChI is InChI=1S/C69H56N2O6/c1-8-18-52-45(9-2)58-51-24-14-13-23-50(51)57(38-55(58)69(52,6)7)70(44-35-36-49-48-22-15-16-25-53(48)68(4,5)54(49)37-44)42-31-27-39(28-32-42)40-29-33-43(34-30-40)71(56-26-17-20-41-19-11-12-21-47(41)56)61-46(10-3)59-60(63(73)65(61)75)64(74)67(77)66(76)62(59)72/h8-38,72-77H,2-3H2,1,4-7H3/b18-8-. The molecule has 0 amide bonds. The second-order valence-electron chi connectivity index (χ2n) is 21.0. The van der Waals surface area contributed by atoms with Crippen LogP contribution >= 0.6 is 0 Å². The Balaban J connectivity index is 1.01. The molecule has 0 heterocycles. The molecule has 0 radical (unpaired) electrons. The van der Waals surface area contributed by atoms with Gasteiger partial charge >= 0.3 is 0 Å². The van der Waals surface area contributed by atoms with E-state index < -0.39 is 39.9 Å². The van der Waals surface area contributed by atoms with Gasteiger partial charge in [0.1, 0.15) is 5.69 Å². The van der Waals surface area contributed by atoms with Crippen LogP contribution in [0.1, 0.15) is 62.4 Å². The number of hydrogen-bond acceptors (Lipinski definition) is 8. The summed E-state index contributed by atoms with van der Waals surface area (Å²) in [7, 11) is 0. The quantitative estimate of drug-likeness (QED) is 0.0591. The first-order valence-electron chi connectivity index (χ1n) is 25.7. The molecule has 0 unspecified atom stereocenters. The molecule has 0 saturated heterocycles. The summed E-state index contributed by atoms with van der Waals surface area (Å²) in [5.41, 5.74) is 15.6. The molecule has 8 heteroatoms. The predicted molar refractivity (Wildman–Crippen MR) is 316 cm³/mol. The monoisotopic (exact) mass is 1010 g/mol. The fraction of sp³-hybridized carbons (Fsp3) is 0.101. The van der Waals surface area contributed by atoms with E-state index in [2.05, 4.69) is 162 Å². The number of allylic oxidation sites excluding steroid dienone is 5. The van der Waals surface area contributed by atoms with Crippen LogP contribution in [-0.2, 0) is 10.8 Å². The molecule has 12 rings (SSSR count). The van der Waals surface area contributed by atoms with Crippen molar-refractivity contribution in [2.45, 2.75) is 45.4 Å². The van der Waals surface area contributed by atoms with E-state index in [1.165, 1.54) is 45.0 Å². The van der Waals surface area contributed by atoms with Crippen molar-refractivity contribution in [2.75, 3.05) is 9.80 Å². The number of phenols is 6. The Labute approximate surface area is 447 Å². The highest BCUT2D eigenvalue weighted by Crippen LogP contribution is 2.60. The maximum Gasteiger partial charge on any atom is 0.205 e. The Bertz CT molecular complexity index is 4220. The number of phenolic OH excluding ortho intramolecular Hbond substituents is 6. The van der Waals surface area contributed by atoms with E-state index in [1.807, 2.05) is 72.8 Å². The van der Waals surface area contributed by atoms with Crippen molar-refractivity contribution in [3.63, 3.8) is 0 Å². The Morgan fingerprint density at radius 3 is 1.66 bits per heavy atom. The summed E-state index contributed by atoms with van der Waals surface area (Å²) in [6.07, 6.45) is 7.70. The van der Waals surface area contributed by atoms with Crippen LogP contribution in [0.3, 0.4) is 0 Å². The van der Waals surface area contributed by atoms with Crippen LogP contribution in [0.5, 0.6) is 34.5 Å². The summed E-state index contributed by atoms with van der Waals surface area (Å²) >= 11 is 0. The van der Waals surface area contributed by atoms with E-state index in [4.69, 9.17) is 0 Å². The molecule has 378 valence electrons. The Kier molecular flexibility index (Phi) is 11.1. The van der Waals surface area contributed by atoms with Gasteiger partial charge in [-0.3, -0.25) is 0 Å². The second-order valence-corrected chi connectivity index (χ2v) is 21.0. The van der Waals surface area contributed by atoms with Crippen molar-refractivity contribution >= 4 is 78.1 Å². The molecule has 0 spiro atoms. The minimum absolute atomic E-state index is 0.00850. The van der Waals surface area contributed by atoms with Crippen molar-refractivity contribution in [3.8, 4) is 56.8 Å². The molecule has 10 aromatic rings. The summed E-state index contributed by atoms with van der Waals surface area (Å²) in [4.78, 5) is 4.14. The molecule has 0 saturated carbocycles. The number of nitrogens with zero attached hydrogens (tertiary/aromatic N) is 2. The van der Waals surface area contributed by atoms with Crippen LogP contribution in [-0.4, -0.2) is 30.6 Å². The zero-order chi connectivity index (χ0) is 53.8. The fourth-order valence-corrected chi connectivity index (χ4v) is 12.4. The Hall–Kier alpha value is -9.66. The van der Waals surface area contributed by atoms with Gasteiger partial charge in [-0.25, -0.2) is 0 Å². The average molecular weight is 1010 g/mol. The van der Waals surface area contributed by atoms with Gasteiger partial charge < -0.3 is 40.4 Å². The summed E-state index contributed by atoms with van der Waals surface area (Å²) in [5.74, 6) is -5.24. The molecular weight excluding hydrogens is 953 g/mol. The number of benzene rings is 10. The molecule has 0 aromatic heterocycles. The SMILES string of the molecule is C=CC1=C(/C=C\C)C(C)(C)c2cc(N(c3ccc(-c4ccc(N(c5c(O)c(O)c6c(O)c(O)c(O)c(O)c6c5C=C)c5cccc6ccccc56)cc4)cc3)c3ccc4c(c3)C(C)(C)c3ccccc3-4)c3ccccc3c21. The highest BCUT2D eigenvalue weighted by molar-refractivity contribution is 6.14. The van der Waals surface area contributed by atoms with Crippen LogP contribution in [0.4, 0.5) is 34.1 Å². The fourth-order valence-electron chi connectivity index (χ4n) is 12.4. The lowest BCUT2D eigenvalue weighted by Crippen LogP contribution is -2.19. The van der Waals surface area contributed by atoms with Gasteiger partial charge in [0.15, 0.2) is 23.0 Å². The van der Waals surface area contributed by atoms with Crippen molar-refractivity contribution in [1.29, 1.82) is 0 Å². The molecule has 6 N–H and O–H groups in total. The lowest BCUT2D eigenvalue weighted by Gasteiger charge is -2.31. The van der Waals surface area contributed by atoms with E-state index in [1.54, 1.807) is 4.90 Å². The molecular formula is C69H56N2O6. The third-order valence-corrected chi connectivity index (χ3v) is 16.2. The molecule has 8 nitrogen and oxygen atoms in total. The minimum atomic E-state index is -1.05. The Morgan fingerprint density at radius 1 is 0.442 bits per heavy atom. The first-order valence-corrected chi connectivity index (χ1v) is 25.7. The highest BCUT2D eigenvalue weighted by atomic mass is 16.3. The molecule has 10 aromatic carbocycles. The predicted octanol–water partition coefficient (Wildman–Crippen LogP) is 17.7. The largest absolute Gasteiger partial charge is 0.504 e. The third kappa shape index (κ3) is 7.05. The second kappa shape index (κ2) is 17.7. The zero-order valence-corrected chi connectivity index (χ0v) is 43.4. The highest BCUT2D eigenvalue weighted by Gasteiger charge is 2.40. The van der Waals surface area contributed by atoms with E-state index in [-0.39, 0.29) is 27.5 Å². The first kappa shape index (κ1) is 48.3. The van der Waals surface area contributed by atoms with E-state index in [0.717, 1.165) is 55.3 Å². The average Bonchev–Trinajstić information content (AvgIpc) is 4.10. The molecule has 2 aliphatic carbocycles. The molecule has 77 heavy (non-hydrogen) atoms. The van der Waals surface area contributed by atoms with Crippen molar-refractivity contribution in [2.24, 2.45) is 0 Å². The van der Waals surface area contributed by atoms with Crippen molar-refractivity contribution in [3.05, 3.63) is 229 Å². The lowest BCUT2D eigenvalue weighted by atomic mass is 9.80. The van der Waals surface area contributed by atoms with Gasteiger partial charge in [-0.15, -0.1) is 0 Å². The van der Waals surface area contributed by atoms with Gasteiger partial charge in [0.25, 0.3) is 0 Å². The third-order valence-electron chi connectivity index (χ3n) is 16.2. The number of aromatic hydroxyl groups is 6. The first-order chi connectivity index (χ1) is 37.1. The minimum Gasteiger partial charge on any atom is -0.504 e. The van der Waals surface area contributed by atoms with Gasteiger partial charge in [-0.2, -0.15) is 0 Å². The van der Waals surface area contributed by atoms with Gasteiger partial charge in [-0.05, 0) is 122 Å². The summed E-state index contributed by atoms with van der Waals surface area (Å²) in [6, 6.07) is 56.6.